The summed E-state index contributed by atoms with van der Waals surface area (Å²) in [5.41, 5.74) is -0.337. The maximum absolute atomic E-state index is 11.8. The van der Waals surface area contributed by atoms with Gasteiger partial charge in [-0.25, -0.2) is 9.36 Å². The molecule has 0 bridgehead atoms. The van der Waals surface area contributed by atoms with Gasteiger partial charge in [-0.2, -0.15) is 0 Å². The van der Waals surface area contributed by atoms with E-state index in [1.807, 2.05) is 0 Å². The van der Waals surface area contributed by atoms with E-state index in [0.29, 0.717) is 0 Å². The van der Waals surface area contributed by atoms with Crippen LogP contribution in [0.4, 0.5) is 0 Å². The van der Waals surface area contributed by atoms with Gasteiger partial charge in [0, 0.05) is 6.08 Å². The van der Waals surface area contributed by atoms with E-state index in [2.05, 4.69) is 11.1 Å². The van der Waals surface area contributed by atoms with Crippen LogP contribution in [0, 0.1) is 0 Å². The van der Waals surface area contributed by atoms with Crippen LogP contribution in [0.15, 0.2) is 12.7 Å². The largest absolute Gasteiger partial charge is 0.388 e. The van der Waals surface area contributed by atoms with Crippen LogP contribution in [-0.2, 0) is 18.4 Å². The topological polar surface area (TPSA) is 52.6 Å². The maximum atomic E-state index is 11.8. The minimum Gasteiger partial charge on any atom is -0.388 e. The molecule has 1 atom stereocenters. The third kappa shape index (κ3) is 3.75. The molecule has 0 fully saturated rings. The third-order valence-corrected chi connectivity index (χ3v) is 3.64. The van der Waals surface area contributed by atoms with Crippen molar-refractivity contribution in [3.8, 4) is 0 Å². The van der Waals surface area contributed by atoms with Gasteiger partial charge in [0.25, 0.3) is 0 Å². The summed E-state index contributed by atoms with van der Waals surface area (Å²) in [4.78, 5) is 10.8. The summed E-state index contributed by atoms with van der Waals surface area (Å²) in [7, 11) is -3.28. The van der Waals surface area contributed by atoms with Crippen molar-refractivity contribution in [1.29, 1.82) is 0 Å². The molecule has 76 valence electrons. The third-order valence-electron chi connectivity index (χ3n) is 1.33. The Morgan fingerprint density at radius 1 is 1.62 bits per heavy atom. The van der Waals surface area contributed by atoms with E-state index in [-0.39, 0.29) is 12.3 Å². The first-order valence-electron chi connectivity index (χ1n) is 4.06. The molecule has 5 heteroatoms. The molecule has 0 saturated heterocycles. The van der Waals surface area contributed by atoms with E-state index < -0.39 is 13.6 Å². The van der Waals surface area contributed by atoms with Crippen molar-refractivity contribution in [3.63, 3.8) is 0 Å². The number of hydrogen-bond acceptors (Lipinski definition) is 4. The van der Waals surface area contributed by atoms with Gasteiger partial charge < -0.3 is 4.52 Å². The molecule has 0 amide bonds. The number of hydrogen-bond donors (Lipinski definition) is 0. The number of carbonyl (C=O) groups is 1. The zero-order chi connectivity index (χ0) is 10.5. The molecule has 0 heterocycles. The Morgan fingerprint density at radius 2 is 2.15 bits per heavy atom. The van der Waals surface area contributed by atoms with Crippen LogP contribution in [0.5, 0.6) is 0 Å². The fourth-order valence-corrected chi connectivity index (χ4v) is 1.87. The molecular weight excluding hydrogens is 191 g/mol. The molecule has 0 rings (SSSR count). The normalized spacial score (nSPS) is 15.1. The Bertz CT molecular complexity index is 234. The Morgan fingerprint density at radius 3 is 2.46 bits per heavy atom. The van der Waals surface area contributed by atoms with Crippen molar-refractivity contribution in [2.75, 3.05) is 6.61 Å². The van der Waals surface area contributed by atoms with Crippen LogP contribution in [0.25, 0.3) is 0 Å². The predicted octanol–water partition coefficient (Wildman–Crippen LogP) is 2.35. The average molecular weight is 206 g/mol. The first-order chi connectivity index (χ1) is 5.96. The number of carbonyl (C=O) groups excluding carboxylic acids is 1. The SMILES string of the molecule is C=CC(=O)OP(=O)(OCC)C(C)C. The number of rotatable bonds is 5. The lowest BCUT2D eigenvalue weighted by Gasteiger charge is -2.19. The Kier molecular flexibility index (Phi) is 4.96. The molecular formula is C8H15O4P. The van der Waals surface area contributed by atoms with Gasteiger partial charge in [-0.3, -0.25) is 4.52 Å². The molecule has 0 aliphatic carbocycles. The smallest absolute Gasteiger partial charge is 0.384 e. The van der Waals surface area contributed by atoms with Gasteiger partial charge in [0.05, 0.1) is 12.3 Å². The zero-order valence-corrected chi connectivity index (χ0v) is 9.04. The molecule has 0 spiro atoms. The second kappa shape index (κ2) is 5.20. The van der Waals surface area contributed by atoms with E-state index in [4.69, 9.17) is 4.52 Å². The Labute approximate surface area is 78.5 Å². The molecule has 0 aliphatic rings. The Hall–Kier alpha value is -0.600. The minimum atomic E-state index is -3.28. The highest BCUT2D eigenvalue weighted by atomic mass is 31.2. The predicted molar refractivity (Wildman–Crippen MR) is 50.7 cm³/mol. The van der Waals surface area contributed by atoms with Crippen molar-refractivity contribution in [2.24, 2.45) is 0 Å². The van der Waals surface area contributed by atoms with Crippen LogP contribution < -0.4 is 0 Å². The molecule has 4 nitrogen and oxygen atoms in total. The first-order valence-corrected chi connectivity index (χ1v) is 5.67. The van der Waals surface area contributed by atoms with Crippen LogP contribution in [0.3, 0.4) is 0 Å². The molecule has 0 aliphatic heterocycles. The summed E-state index contributed by atoms with van der Waals surface area (Å²) in [6, 6.07) is 0. The van der Waals surface area contributed by atoms with E-state index in [1.165, 1.54) is 0 Å². The summed E-state index contributed by atoms with van der Waals surface area (Å²) in [6.45, 7) is 8.50. The lowest BCUT2D eigenvalue weighted by atomic mass is 10.6. The maximum Gasteiger partial charge on any atom is 0.384 e. The minimum absolute atomic E-state index is 0.250. The van der Waals surface area contributed by atoms with E-state index in [0.717, 1.165) is 6.08 Å². The molecule has 0 N–H and O–H groups in total. The second-order valence-electron chi connectivity index (χ2n) is 2.67. The van der Waals surface area contributed by atoms with Crippen molar-refractivity contribution < 1.29 is 18.4 Å². The van der Waals surface area contributed by atoms with Crippen molar-refractivity contribution in [3.05, 3.63) is 12.7 Å². The van der Waals surface area contributed by atoms with Gasteiger partial charge >= 0.3 is 13.6 Å². The standard InChI is InChI=1S/C8H15O4P/c1-5-8(9)12-13(10,7(3)4)11-6-2/h5,7H,1,6H2,2-4H3. The summed E-state index contributed by atoms with van der Waals surface area (Å²) >= 11 is 0. The molecule has 0 aromatic rings. The van der Waals surface area contributed by atoms with E-state index >= 15 is 0 Å². The van der Waals surface area contributed by atoms with E-state index in [9.17, 15) is 9.36 Å². The average Bonchev–Trinajstić information content (AvgIpc) is 2.04. The summed E-state index contributed by atoms with van der Waals surface area (Å²) < 4.78 is 21.4. The fraction of sp³-hybridized carbons (Fsp3) is 0.625. The lowest BCUT2D eigenvalue weighted by molar-refractivity contribution is -0.129. The molecule has 13 heavy (non-hydrogen) atoms. The van der Waals surface area contributed by atoms with Gasteiger partial charge in [-0.15, -0.1) is 0 Å². The van der Waals surface area contributed by atoms with Crippen molar-refractivity contribution >= 4 is 13.6 Å². The molecule has 0 aromatic carbocycles. The fourth-order valence-electron chi connectivity index (χ4n) is 0.623. The second-order valence-corrected chi connectivity index (χ2v) is 5.22. The van der Waals surface area contributed by atoms with Gasteiger partial charge in [0.2, 0.25) is 0 Å². The quantitative estimate of drug-likeness (QED) is 0.511. The molecule has 1 unspecified atom stereocenters. The molecule has 0 radical (unpaired) electrons. The summed E-state index contributed by atoms with van der Waals surface area (Å²) in [6.07, 6.45) is 0.966. The van der Waals surface area contributed by atoms with Crippen LogP contribution in [-0.4, -0.2) is 18.2 Å². The van der Waals surface area contributed by atoms with Crippen LogP contribution >= 0.6 is 7.60 Å². The molecule has 0 aromatic heterocycles. The van der Waals surface area contributed by atoms with Crippen molar-refractivity contribution in [1.82, 2.24) is 0 Å². The van der Waals surface area contributed by atoms with Crippen molar-refractivity contribution in [2.45, 2.75) is 26.4 Å². The monoisotopic (exact) mass is 206 g/mol. The highest BCUT2D eigenvalue weighted by Crippen LogP contribution is 2.52. The van der Waals surface area contributed by atoms with Gasteiger partial charge in [-0.05, 0) is 6.92 Å². The van der Waals surface area contributed by atoms with Gasteiger partial charge in [0.1, 0.15) is 0 Å². The van der Waals surface area contributed by atoms with Gasteiger partial charge in [0.15, 0.2) is 0 Å². The molecule has 0 saturated carbocycles. The highest BCUT2D eigenvalue weighted by Gasteiger charge is 2.31. The van der Waals surface area contributed by atoms with Crippen LogP contribution in [0.2, 0.25) is 0 Å². The lowest BCUT2D eigenvalue weighted by Crippen LogP contribution is -2.09. The highest BCUT2D eigenvalue weighted by molar-refractivity contribution is 7.55. The van der Waals surface area contributed by atoms with Gasteiger partial charge in [-0.1, -0.05) is 20.4 Å². The first kappa shape index (κ1) is 12.4. The zero-order valence-electron chi connectivity index (χ0n) is 8.15. The summed E-state index contributed by atoms with van der Waals surface area (Å²) in [5.74, 6) is -0.717. The van der Waals surface area contributed by atoms with Crippen LogP contribution in [0.1, 0.15) is 20.8 Å². The summed E-state index contributed by atoms with van der Waals surface area (Å²) in [5, 5.41) is 0. The van der Waals surface area contributed by atoms with E-state index in [1.54, 1.807) is 20.8 Å². The Balaban J connectivity index is 4.51.